The molecule has 0 N–H and O–H groups in total. The van der Waals surface area contributed by atoms with Crippen molar-refractivity contribution < 1.29 is 0 Å². The van der Waals surface area contributed by atoms with Gasteiger partial charge in [-0.05, 0) is 13.3 Å². The SMILES string of the molecule is C=C(C)C=CC(C)(C)C=CCC. The van der Waals surface area contributed by atoms with E-state index >= 15 is 0 Å². The summed E-state index contributed by atoms with van der Waals surface area (Å²) in [6.07, 6.45) is 9.78. The third-order valence-corrected chi connectivity index (χ3v) is 1.58. The molecule has 0 aromatic heterocycles. The van der Waals surface area contributed by atoms with E-state index in [0.717, 1.165) is 12.0 Å². The maximum absolute atomic E-state index is 3.83. The Bertz CT molecular complexity index is 192. The lowest BCUT2D eigenvalue weighted by molar-refractivity contribution is 0.623. The largest absolute Gasteiger partial charge is 0.0961 e. The third kappa shape index (κ3) is 5.96. The second-order valence-electron chi connectivity index (χ2n) is 3.81. The van der Waals surface area contributed by atoms with Crippen LogP contribution < -0.4 is 0 Å². The van der Waals surface area contributed by atoms with E-state index < -0.39 is 0 Å². The van der Waals surface area contributed by atoms with Crippen molar-refractivity contribution in [2.45, 2.75) is 34.1 Å². The fraction of sp³-hybridized carbons (Fsp3) is 0.500. The van der Waals surface area contributed by atoms with E-state index in [1.807, 2.05) is 6.92 Å². The molecular formula is C12H20. The average Bonchev–Trinajstić information content (AvgIpc) is 1.98. The van der Waals surface area contributed by atoms with Crippen LogP contribution >= 0.6 is 0 Å². The van der Waals surface area contributed by atoms with Gasteiger partial charge < -0.3 is 0 Å². The third-order valence-electron chi connectivity index (χ3n) is 1.58. The lowest BCUT2D eigenvalue weighted by Gasteiger charge is -2.14. The summed E-state index contributed by atoms with van der Waals surface area (Å²) >= 11 is 0. The van der Waals surface area contributed by atoms with Crippen LogP contribution in [-0.2, 0) is 0 Å². The molecule has 0 aromatic rings. The molecule has 0 spiro atoms. The van der Waals surface area contributed by atoms with Crippen molar-refractivity contribution in [3.63, 3.8) is 0 Å². The van der Waals surface area contributed by atoms with Gasteiger partial charge in [-0.1, -0.05) is 57.2 Å². The summed E-state index contributed by atoms with van der Waals surface area (Å²) in [5, 5.41) is 0. The number of rotatable bonds is 4. The molecule has 0 bridgehead atoms. The van der Waals surface area contributed by atoms with Gasteiger partial charge >= 0.3 is 0 Å². The van der Waals surface area contributed by atoms with Crippen molar-refractivity contribution in [1.29, 1.82) is 0 Å². The second kappa shape index (κ2) is 4.97. The smallest absolute Gasteiger partial charge is 0.000761 e. The van der Waals surface area contributed by atoms with Gasteiger partial charge in [0.25, 0.3) is 0 Å². The van der Waals surface area contributed by atoms with Gasteiger partial charge in [-0.25, -0.2) is 0 Å². The van der Waals surface area contributed by atoms with Crippen molar-refractivity contribution in [2.75, 3.05) is 0 Å². The van der Waals surface area contributed by atoms with Crippen molar-refractivity contribution in [3.8, 4) is 0 Å². The first-order valence-corrected chi connectivity index (χ1v) is 4.50. The minimum absolute atomic E-state index is 0.162. The Morgan fingerprint density at radius 3 is 2.33 bits per heavy atom. The first-order valence-electron chi connectivity index (χ1n) is 4.50. The lowest BCUT2D eigenvalue weighted by Crippen LogP contribution is -2.01. The summed E-state index contributed by atoms with van der Waals surface area (Å²) in [5.74, 6) is 0. The van der Waals surface area contributed by atoms with Crippen LogP contribution in [0.1, 0.15) is 34.1 Å². The fourth-order valence-corrected chi connectivity index (χ4v) is 0.834. The topological polar surface area (TPSA) is 0 Å². The van der Waals surface area contributed by atoms with E-state index in [4.69, 9.17) is 0 Å². The number of hydrogen-bond donors (Lipinski definition) is 0. The Balaban J connectivity index is 4.21. The summed E-state index contributed by atoms with van der Waals surface area (Å²) in [5.41, 5.74) is 1.27. The van der Waals surface area contributed by atoms with Crippen molar-refractivity contribution in [1.82, 2.24) is 0 Å². The van der Waals surface area contributed by atoms with E-state index in [1.165, 1.54) is 0 Å². The van der Waals surface area contributed by atoms with E-state index in [1.54, 1.807) is 0 Å². The molecule has 0 radical (unpaired) electrons. The lowest BCUT2D eigenvalue weighted by atomic mass is 9.91. The molecule has 0 fully saturated rings. The first-order chi connectivity index (χ1) is 5.48. The van der Waals surface area contributed by atoms with Gasteiger partial charge in [0, 0.05) is 5.41 Å². The molecule has 0 rings (SSSR count). The summed E-state index contributed by atoms with van der Waals surface area (Å²) in [6, 6.07) is 0. The molecule has 0 saturated heterocycles. The van der Waals surface area contributed by atoms with Gasteiger partial charge in [-0.15, -0.1) is 0 Å². The molecular weight excluding hydrogens is 144 g/mol. The molecule has 0 aliphatic rings. The molecule has 0 aliphatic heterocycles. The zero-order valence-electron chi connectivity index (χ0n) is 8.72. The molecule has 68 valence electrons. The number of hydrogen-bond acceptors (Lipinski definition) is 0. The summed E-state index contributed by atoms with van der Waals surface area (Å²) in [6.45, 7) is 12.4. The highest BCUT2D eigenvalue weighted by Crippen LogP contribution is 2.19. The summed E-state index contributed by atoms with van der Waals surface area (Å²) in [4.78, 5) is 0. The van der Waals surface area contributed by atoms with E-state index in [-0.39, 0.29) is 5.41 Å². The predicted octanol–water partition coefficient (Wildman–Crippen LogP) is 4.11. The van der Waals surface area contributed by atoms with Gasteiger partial charge in [0.2, 0.25) is 0 Å². The van der Waals surface area contributed by atoms with Gasteiger partial charge in [0.15, 0.2) is 0 Å². The van der Waals surface area contributed by atoms with Gasteiger partial charge in [0.05, 0.1) is 0 Å². The molecule has 0 unspecified atom stereocenters. The van der Waals surface area contributed by atoms with E-state index in [0.29, 0.717) is 0 Å². The Morgan fingerprint density at radius 1 is 1.33 bits per heavy atom. The zero-order chi connectivity index (χ0) is 9.61. The van der Waals surface area contributed by atoms with Crippen molar-refractivity contribution in [2.24, 2.45) is 5.41 Å². The molecule has 0 saturated carbocycles. The van der Waals surface area contributed by atoms with Gasteiger partial charge in [-0.3, -0.25) is 0 Å². The minimum atomic E-state index is 0.162. The Kier molecular flexibility index (Phi) is 4.65. The fourth-order valence-electron chi connectivity index (χ4n) is 0.834. The monoisotopic (exact) mass is 164 g/mol. The standard InChI is InChI=1S/C12H20/c1-6-7-9-12(4,5)10-8-11(2)3/h7-10H,2,6H2,1,3-5H3. The molecule has 0 nitrogen and oxygen atoms in total. The summed E-state index contributed by atoms with van der Waals surface area (Å²) in [7, 11) is 0. The molecule has 0 heterocycles. The average molecular weight is 164 g/mol. The van der Waals surface area contributed by atoms with Crippen LogP contribution in [0, 0.1) is 5.41 Å². The Morgan fingerprint density at radius 2 is 1.92 bits per heavy atom. The molecule has 0 heteroatoms. The van der Waals surface area contributed by atoms with Gasteiger partial charge in [0.1, 0.15) is 0 Å². The van der Waals surface area contributed by atoms with Crippen LogP contribution in [0.5, 0.6) is 0 Å². The second-order valence-corrected chi connectivity index (χ2v) is 3.81. The molecule has 12 heavy (non-hydrogen) atoms. The molecule has 0 aromatic carbocycles. The maximum Gasteiger partial charge on any atom is 0.000761 e. The van der Waals surface area contributed by atoms with E-state index in [9.17, 15) is 0 Å². The Labute approximate surface area is 76.7 Å². The predicted molar refractivity (Wildman–Crippen MR) is 57.2 cm³/mol. The zero-order valence-corrected chi connectivity index (χ0v) is 8.72. The Hall–Kier alpha value is -0.780. The maximum atomic E-state index is 3.83. The van der Waals surface area contributed by atoms with Crippen LogP contribution in [0.2, 0.25) is 0 Å². The highest BCUT2D eigenvalue weighted by atomic mass is 14.1. The normalized spacial score (nSPS) is 13.0. The minimum Gasteiger partial charge on any atom is -0.0961 e. The molecule has 0 amide bonds. The van der Waals surface area contributed by atoms with Crippen molar-refractivity contribution >= 4 is 0 Å². The molecule has 0 atom stereocenters. The van der Waals surface area contributed by atoms with E-state index in [2.05, 4.69) is 51.7 Å². The van der Waals surface area contributed by atoms with Gasteiger partial charge in [-0.2, -0.15) is 0 Å². The first kappa shape index (κ1) is 11.2. The van der Waals surface area contributed by atoms with Crippen LogP contribution in [0.15, 0.2) is 36.5 Å². The highest BCUT2D eigenvalue weighted by molar-refractivity contribution is 5.17. The quantitative estimate of drug-likeness (QED) is 0.433. The highest BCUT2D eigenvalue weighted by Gasteiger charge is 2.06. The molecule has 0 aliphatic carbocycles. The van der Waals surface area contributed by atoms with Crippen LogP contribution in [0.25, 0.3) is 0 Å². The summed E-state index contributed by atoms with van der Waals surface area (Å²) < 4.78 is 0. The van der Waals surface area contributed by atoms with Crippen LogP contribution in [-0.4, -0.2) is 0 Å². The number of allylic oxidation sites excluding steroid dienone is 5. The van der Waals surface area contributed by atoms with Crippen LogP contribution in [0.4, 0.5) is 0 Å². The van der Waals surface area contributed by atoms with Crippen LogP contribution in [0.3, 0.4) is 0 Å². The van der Waals surface area contributed by atoms with Crippen molar-refractivity contribution in [3.05, 3.63) is 36.5 Å².